The van der Waals surface area contributed by atoms with Gasteiger partial charge in [0.05, 0.1) is 0 Å². The first kappa shape index (κ1) is 5.14. The van der Waals surface area contributed by atoms with E-state index in [1.54, 1.807) is 0 Å². The van der Waals surface area contributed by atoms with Gasteiger partial charge in [0, 0.05) is 0 Å². The van der Waals surface area contributed by atoms with Crippen LogP contribution in [0.15, 0.2) is 4.52 Å². The molecule has 0 aliphatic carbocycles. The van der Waals surface area contributed by atoms with Gasteiger partial charge in [-0.25, -0.2) is 0 Å². The van der Waals surface area contributed by atoms with Crippen LogP contribution in [0.3, 0.4) is 0 Å². The summed E-state index contributed by atoms with van der Waals surface area (Å²) in [6.07, 6.45) is 0. The molecule has 1 rings (SSSR count). The molecule has 1 heterocycles. The highest BCUT2D eigenvalue weighted by Gasteiger charge is 1.90. The van der Waals surface area contributed by atoms with Gasteiger partial charge in [0.25, 0.3) is 0 Å². The predicted molar refractivity (Wildman–Crippen MR) is 33.0 cm³/mol. The number of rotatable bonds is 0. The maximum absolute atomic E-state index is 4.55. The van der Waals surface area contributed by atoms with E-state index in [-0.39, 0.29) is 0 Å². The van der Waals surface area contributed by atoms with Crippen LogP contribution in [0.5, 0.6) is 0 Å². The molecule has 3 nitrogen and oxygen atoms in total. The first-order valence-corrected chi connectivity index (χ1v) is 2.79. The summed E-state index contributed by atoms with van der Waals surface area (Å²) < 4.78 is 4.55. The lowest BCUT2D eigenvalue weighted by molar-refractivity contribution is 0.452. The molecule has 0 spiro atoms. The second-order valence-corrected chi connectivity index (χ2v) is 2.00. The van der Waals surface area contributed by atoms with Crippen molar-refractivity contribution in [1.29, 1.82) is 0 Å². The topological polar surface area (TPSA) is 38.9 Å². The summed E-state index contributed by atoms with van der Waals surface area (Å²) in [6.45, 7) is 0. The van der Waals surface area contributed by atoms with Crippen LogP contribution in [0.25, 0.3) is 0 Å². The standard InChI is InChI=1S/C2H4N2OP2/c6-1-3-2(7)5-4-1/h6-7H2. The number of hydrogen-bond acceptors (Lipinski definition) is 3. The zero-order valence-electron chi connectivity index (χ0n) is 3.46. The number of hydrogen-bond donors (Lipinski definition) is 0. The Morgan fingerprint density at radius 3 is 2.29 bits per heavy atom. The van der Waals surface area contributed by atoms with Gasteiger partial charge in [-0.1, -0.05) is 14.4 Å². The van der Waals surface area contributed by atoms with E-state index in [4.69, 9.17) is 0 Å². The highest BCUT2D eigenvalue weighted by molar-refractivity contribution is 7.28. The van der Waals surface area contributed by atoms with Crippen molar-refractivity contribution >= 4 is 29.7 Å². The molecule has 0 radical (unpaired) electrons. The van der Waals surface area contributed by atoms with Gasteiger partial charge < -0.3 is 4.52 Å². The van der Waals surface area contributed by atoms with Crippen LogP contribution >= 0.6 is 18.5 Å². The third-order valence-electron chi connectivity index (χ3n) is 0.457. The predicted octanol–water partition coefficient (Wildman–Crippen LogP) is -0.930. The Labute approximate surface area is 45.3 Å². The minimum Gasteiger partial charge on any atom is -0.335 e. The van der Waals surface area contributed by atoms with E-state index in [1.165, 1.54) is 0 Å². The van der Waals surface area contributed by atoms with E-state index in [2.05, 4.69) is 33.1 Å². The van der Waals surface area contributed by atoms with Crippen molar-refractivity contribution in [1.82, 2.24) is 10.1 Å². The molecule has 2 atom stereocenters. The summed E-state index contributed by atoms with van der Waals surface area (Å²) >= 11 is 0. The summed E-state index contributed by atoms with van der Waals surface area (Å²) in [5.41, 5.74) is 1.11. The Bertz CT molecular complexity index is 146. The van der Waals surface area contributed by atoms with Crippen molar-refractivity contribution in [3.63, 3.8) is 0 Å². The molecule has 5 heteroatoms. The van der Waals surface area contributed by atoms with Gasteiger partial charge in [0.1, 0.15) is 0 Å². The zero-order chi connectivity index (χ0) is 5.28. The van der Waals surface area contributed by atoms with Gasteiger partial charge in [-0.3, -0.25) is 0 Å². The summed E-state index contributed by atoms with van der Waals surface area (Å²) in [5, 5.41) is 3.47. The third kappa shape index (κ3) is 1.19. The van der Waals surface area contributed by atoms with E-state index in [9.17, 15) is 0 Å². The Balaban J connectivity index is 3.04. The van der Waals surface area contributed by atoms with Gasteiger partial charge >= 0.3 is 0 Å². The molecule has 2 unspecified atom stereocenters. The van der Waals surface area contributed by atoms with E-state index >= 15 is 0 Å². The SMILES string of the molecule is Pc1noc(P)n1. The van der Waals surface area contributed by atoms with Gasteiger partial charge in [-0.15, -0.1) is 0 Å². The molecule has 0 saturated carbocycles. The van der Waals surface area contributed by atoms with Crippen molar-refractivity contribution in [2.24, 2.45) is 0 Å². The molecule has 0 aromatic carbocycles. The molecule has 1 aromatic heterocycles. The van der Waals surface area contributed by atoms with Crippen LogP contribution in [-0.2, 0) is 0 Å². The van der Waals surface area contributed by atoms with Gasteiger partial charge in [0.15, 0.2) is 5.57 Å². The molecule has 0 aliphatic heterocycles. The number of nitrogens with zero attached hydrogens (tertiary/aromatic N) is 2. The fourth-order valence-electron chi connectivity index (χ4n) is 0.247. The lowest BCUT2D eigenvalue weighted by Crippen LogP contribution is -1.97. The average Bonchev–Trinajstić information content (AvgIpc) is 1.87. The Morgan fingerprint density at radius 1 is 1.43 bits per heavy atom. The van der Waals surface area contributed by atoms with Crippen LogP contribution in [-0.4, -0.2) is 10.1 Å². The molecule has 0 saturated heterocycles. The fourth-order valence-corrected chi connectivity index (χ4v) is 0.761. The van der Waals surface area contributed by atoms with Crippen molar-refractivity contribution in [3.8, 4) is 0 Å². The van der Waals surface area contributed by atoms with E-state index in [1.807, 2.05) is 0 Å². The second-order valence-electron chi connectivity index (χ2n) is 0.991. The lowest BCUT2D eigenvalue weighted by atomic mass is 11.3. The molecule has 1 aromatic rings. The fraction of sp³-hybridized carbons (Fsp3) is 0. The Kier molecular flexibility index (Phi) is 1.36. The minimum absolute atomic E-state index is 0.519. The molecule has 0 amide bonds. The quantitative estimate of drug-likeness (QED) is 0.430. The average molecular weight is 134 g/mol. The second kappa shape index (κ2) is 1.85. The molecular formula is C2H4N2OP2. The minimum atomic E-state index is 0.519. The zero-order valence-corrected chi connectivity index (χ0v) is 5.77. The highest BCUT2D eigenvalue weighted by Crippen LogP contribution is 1.80. The molecule has 7 heavy (non-hydrogen) atoms. The van der Waals surface area contributed by atoms with Crippen molar-refractivity contribution < 1.29 is 4.52 Å². The normalized spacial score (nSPS) is 9.43. The van der Waals surface area contributed by atoms with Gasteiger partial charge in [-0.2, -0.15) is 4.98 Å². The summed E-state index contributed by atoms with van der Waals surface area (Å²) in [4.78, 5) is 3.76. The summed E-state index contributed by atoms with van der Waals surface area (Å²) in [5.74, 6) is 0. The first-order chi connectivity index (χ1) is 3.29. The molecule has 0 fully saturated rings. The lowest BCUT2D eigenvalue weighted by Gasteiger charge is -1.64. The molecule has 0 bridgehead atoms. The van der Waals surface area contributed by atoms with Crippen molar-refractivity contribution in [2.75, 3.05) is 0 Å². The van der Waals surface area contributed by atoms with Crippen LogP contribution in [0.1, 0.15) is 0 Å². The monoisotopic (exact) mass is 134 g/mol. The van der Waals surface area contributed by atoms with Crippen LogP contribution in [0.2, 0.25) is 0 Å². The van der Waals surface area contributed by atoms with Crippen molar-refractivity contribution in [2.45, 2.75) is 0 Å². The first-order valence-electron chi connectivity index (χ1n) is 1.63. The highest BCUT2D eigenvalue weighted by atomic mass is 31.0. The summed E-state index contributed by atoms with van der Waals surface area (Å²) in [7, 11) is 4.62. The van der Waals surface area contributed by atoms with E-state index in [0.717, 1.165) is 0 Å². The van der Waals surface area contributed by atoms with Crippen LogP contribution < -0.4 is 11.2 Å². The van der Waals surface area contributed by atoms with Crippen LogP contribution in [0, 0.1) is 0 Å². The molecule has 0 aliphatic rings. The number of aromatic nitrogens is 2. The van der Waals surface area contributed by atoms with Gasteiger partial charge in [0.2, 0.25) is 5.63 Å². The van der Waals surface area contributed by atoms with E-state index < -0.39 is 0 Å². The molecule has 38 valence electrons. The Hall–Kier alpha value is -0.0000000000000000555. The van der Waals surface area contributed by atoms with Gasteiger partial charge in [-0.05, 0) is 9.24 Å². The van der Waals surface area contributed by atoms with Crippen molar-refractivity contribution in [3.05, 3.63) is 0 Å². The molecule has 0 N–H and O–H groups in total. The Morgan fingerprint density at radius 2 is 2.14 bits per heavy atom. The smallest absolute Gasteiger partial charge is 0.241 e. The summed E-state index contributed by atoms with van der Waals surface area (Å²) in [6, 6.07) is 0. The van der Waals surface area contributed by atoms with Crippen LogP contribution in [0.4, 0.5) is 0 Å². The maximum atomic E-state index is 4.55. The third-order valence-corrected chi connectivity index (χ3v) is 0.926. The largest absolute Gasteiger partial charge is 0.335 e. The van der Waals surface area contributed by atoms with E-state index in [0.29, 0.717) is 11.2 Å². The maximum Gasteiger partial charge on any atom is 0.241 e. The molecular weight excluding hydrogens is 130 g/mol.